The fourth-order valence-corrected chi connectivity index (χ4v) is 3.12. The van der Waals surface area contributed by atoms with Crippen molar-refractivity contribution in [2.24, 2.45) is 0 Å². The molecule has 116 valence electrons. The van der Waals surface area contributed by atoms with Gasteiger partial charge in [0.05, 0.1) is 6.54 Å². The van der Waals surface area contributed by atoms with Gasteiger partial charge in [-0.25, -0.2) is 0 Å². The molecule has 1 aliphatic heterocycles. The molecule has 0 unspecified atom stereocenters. The zero-order chi connectivity index (χ0) is 15.2. The number of carbonyl (C=O) groups is 1. The van der Waals surface area contributed by atoms with Crippen molar-refractivity contribution in [3.8, 4) is 0 Å². The predicted molar refractivity (Wildman–Crippen MR) is 88.9 cm³/mol. The summed E-state index contributed by atoms with van der Waals surface area (Å²) >= 11 is 0. The molecule has 0 saturated carbocycles. The number of amides is 1. The Labute approximate surface area is 128 Å². The molecule has 2 rings (SSSR count). The molecule has 0 spiro atoms. The van der Waals surface area contributed by atoms with Crippen LogP contribution < -0.4 is 4.90 Å². The maximum atomic E-state index is 12.5. The third kappa shape index (κ3) is 4.48. The lowest BCUT2D eigenvalue weighted by Gasteiger charge is -2.28. The van der Waals surface area contributed by atoms with E-state index < -0.39 is 0 Å². The molecule has 1 aliphatic rings. The van der Waals surface area contributed by atoms with Crippen molar-refractivity contribution >= 4 is 11.6 Å². The molecule has 1 saturated heterocycles. The summed E-state index contributed by atoms with van der Waals surface area (Å²) in [7, 11) is 2.01. The highest BCUT2D eigenvalue weighted by Gasteiger charge is 2.17. The maximum absolute atomic E-state index is 12.5. The van der Waals surface area contributed by atoms with Crippen LogP contribution in [0.2, 0.25) is 0 Å². The molecule has 0 aromatic heterocycles. The number of aryl methyl sites for hydroxylation is 2. The third-order valence-electron chi connectivity index (χ3n) is 4.34. The van der Waals surface area contributed by atoms with Crippen molar-refractivity contribution < 1.29 is 4.79 Å². The molecule has 0 aliphatic carbocycles. The van der Waals surface area contributed by atoms with E-state index in [1.807, 2.05) is 7.05 Å². The maximum Gasteiger partial charge on any atom is 0.242 e. The summed E-state index contributed by atoms with van der Waals surface area (Å²) < 4.78 is 0. The van der Waals surface area contributed by atoms with Crippen molar-refractivity contribution in [3.05, 3.63) is 29.3 Å². The number of carbonyl (C=O) groups excluding carboxylic acids is 1. The minimum Gasteiger partial charge on any atom is -0.365 e. The van der Waals surface area contributed by atoms with Crippen LogP contribution in [0.25, 0.3) is 0 Å². The highest BCUT2D eigenvalue weighted by molar-refractivity contribution is 5.81. The quantitative estimate of drug-likeness (QED) is 0.849. The minimum absolute atomic E-state index is 0.263. The van der Waals surface area contributed by atoms with Gasteiger partial charge in [-0.3, -0.25) is 4.79 Å². The van der Waals surface area contributed by atoms with Crippen LogP contribution in [-0.2, 0) is 4.79 Å². The highest BCUT2D eigenvalue weighted by atomic mass is 16.2. The zero-order valence-electron chi connectivity index (χ0n) is 13.7. The van der Waals surface area contributed by atoms with Crippen LogP contribution in [0.5, 0.6) is 0 Å². The third-order valence-corrected chi connectivity index (χ3v) is 4.34. The Balaban J connectivity index is 1.97. The first-order valence-corrected chi connectivity index (χ1v) is 8.14. The topological polar surface area (TPSA) is 23.6 Å². The van der Waals surface area contributed by atoms with Gasteiger partial charge in [0.25, 0.3) is 0 Å². The fourth-order valence-electron chi connectivity index (χ4n) is 3.12. The Morgan fingerprint density at radius 3 is 2.33 bits per heavy atom. The first-order chi connectivity index (χ1) is 10.1. The number of nitrogens with zero attached hydrogens (tertiary/aromatic N) is 2. The molecular weight excluding hydrogens is 260 g/mol. The second-order valence-corrected chi connectivity index (χ2v) is 6.29. The number of hydrogen-bond donors (Lipinski definition) is 0. The monoisotopic (exact) mass is 288 g/mol. The molecule has 0 atom stereocenters. The van der Waals surface area contributed by atoms with E-state index in [2.05, 4.69) is 41.8 Å². The zero-order valence-corrected chi connectivity index (χ0v) is 13.7. The number of hydrogen-bond acceptors (Lipinski definition) is 2. The Morgan fingerprint density at radius 2 is 1.71 bits per heavy atom. The number of likely N-dealkylation sites (N-methyl/N-ethyl adjacent to an activating group) is 1. The number of rotatable bonds is 3. The Morgan fingerprint density at radius 1 is 1.10 bits per heavy atom. The van der Waals surface area contributed by atoms with E-state index in [1.165, 1.54) is 30.4 Å². The van der Waals surface area contributed by atoms with Crippen molar-refractivity contribution in [3.63, 3.8) is 0 Å². The van der Waals surface area contributed by atoms with Crippen LogP contribution in [0, 0.1) is 13.8 Å². The normalized spacial score (nSPS) is 16.2. The first-order valence-electron chi connectivity index (χ1n) is 8.14. The molecular formula is C18H28N2O. The van der Waals surface area contributed by atoms with Gasteiger partial charge in [0, 0.05) is 25.8 Å². The molecule has 1 heterocycles. The van der Waals surface area contributed by atoms with E-state index in [0.717, 1.165) is 31.6 Å². The molecule has 0 radical (unpaired) electrons. The summed E-state index contributed by atoms with van der Waals surface area (Å²) in [6.45, 7) is 6.55. The van der Waals surface area contributed by atoms with Crippen molar-refractivity contribution in [1.82, 2.24) is 4.90 Å². The van der Waals surface area contributed by atoms with Gasteiger partial charge in [-0.1, -0.05) is 37.0 Å². The van der Waals surface area contributed by atoms with Crippen molar-refractivity contribution in [2.75, 3.05) is 31.6 Å². The van der Waals surface area contributed by atoms with E-state index in [-0.39, 0.29) is 5.91 Å². The predicted octanol–water partition coefficient (Wildman–Crippen LogP) is 3.53. The van der Waals surface area contributed by atoms with Gasteiger partial charge in [0.1, 0.15) is 0 Å². The van der Waals surface area contributed by atoms with Gasteiger partial charge in [0.2, 0.25) is 5.91 Å². The van der Waals surface area contributed by atoms with Gasteiger partial charge >= 0.3 is 0 Å². The van der Waals surface area contributed by atoms with Crippen LogP contribution in [0.4, 0.5) is 5.69 Å². The Hall–Kier alpha value is -1.51. The van der Waals surface area contributed by atoms with Crippen LogP contribution in [-0.4, -0.2) is 37.5 Å². The second-order valence-electron chi connectivity index (χ2n) is 6.29. The molecule has 1 fully saturated rings. The van der Waals surface area contributed by atoms with Gasteiger partial charge < -0.3 is 9.80 Å². The first kappa shape index (κ1) is 15.9. The van der Waals surface area contributed by atoms with Crippen molar-refractivity contribution in [2.45, 2.75) is 46.0 Å². The number of likely N-dealkylation sites (tertiary alicyclic amines) is 1. The van der Waals surface area contributed by atoms with E-state index in [0.29, 0.717) is 6.54 Å². The fraction of sp³-hybridized carbons (Fsp3) is 0.611. The lowest BCUT2D eigenvalue weighted by molar-refractivity contribution is -0.130. The summed E-state index contributed by atoms with van der Waals surface area (Å²) in [6, 6.07) is 6.40. The van der Waals surface area contributed by atoms with Gasteiger partial charge in [0.15, 0.2) is 0 Å². The van der Waals surface area contributed by atoms with Gasteiger partial charge in [-0.2, -0.15) is 0 Å². The minimum atomic E-state index is 0.263. The Kier molecular flexibility index (Phi) is 5.66. The standard InChI is InChI=1S/C18H28N2O/c1-15-9-10-17(16(2)13-15)19(3)14-18(21)20-11-7-5-4-6-8-12-20/h9-10,13H,4-8,11-12,14H2,1-3H3. The molecule has 1 amide bonds. The molecule has 1 aromatic carbocycles. The number of benzene rings is 1. The average Bonchev–Trinajstić information content (AvgIpc) is 2.37. The lowest BCUT2D eigenvalue weighted by Crippen LogP contribution is -2.40. The Bertz CT molecular complexity index is 476. The van der Waals surface area contributed by atoms with Crippen LogP contribution in [0.15, 0.2) is 18.2 Å². The van der Waals surface area contributed by atoms with Crippen LogP contribution >= 0.6 is 0 Å². The van der Waals surface area contributed by atoms with Crippen molar-refractivity contribution in [1.29, 1.82) is 0 Å². The van der Waals surface area contributed by atoms with E-state index >= 15 is 0 Å². The molecule has 3 nitrogen and oxygen atoms in total. The summed E-state index contributed by atoms with van der Waals surface area (Å²) in [5, 5.41) is 0. The van der Waals surface area contributed by atoms with Gasteiger partial charge in [-0.15, -0.1) is 0 Å². The van der Waals surface area contributed by atoms with Gasteiger partial charge in [-0.05, 0) is 38.3 Å². The summed E-state index contributed by atoms with van der Waals surface area (Å²) in [4.78, 5) is 16.6. The smallest absolute Gasteiger partial charge is 0.242 e. The van der Waals surface area contributed by atoms with E-state index in [4.69, 9.17) is 0 Å². The molecule has 3 heteroatoms. The van der Waals surface area contributed by atoms with E-state index in [1.54, 1.807) is 0 Å². The highest BCUT2D eigenvalue weighted by Crippen LogP contribution is 2.20. The van der Waals surface area contributed by atoms with Crippen LogP contribution in [0.3, 0.4) is 0 Å². The molecule has 0 bridgehead atoms. The van der Waals surface area contributed by atoms with Crippen LogP contribution in [0.1, 0.15) is 43.2 Å². The summed E-state index contributed by atoms with van der Waals surface area (Å²) in [5.41, 5.74) is 3.65. The number of anilines is 1. The SMILES string of the molecule is Cc1ccc(N(C)CC(=O)N2CCCCCCC2)c(C)c1. The molecule has 21 heavy (non-hydrogen) atoms. The average molecular weight is 288 g/mol. The second kappa shape index (κ2) is 7.48. The largest absolute Gasteiger partial charge is 0.365 e. The summed E-state index contributed by atoms with van der Waals surface area (Å²) in [5.74, 6) is 0.263. The lowest BCUT2D eigenvalue weighted by atomic mass is 10.1. The van der Waals surface area contributed by atoms with E-state index in [9.17, 15) is 4.79 Å². The molecule has 1 aromatic rings. The summed E-state index contributed by atoms with van der Waals surface area (Å²) in [6.07, 6.45) is 6.15. The molecule has 0 N–H and O–H groups in total.